The Hall–Kier alpha value is -2.60. The van der Waals surface area contributed by atoms with Crippen molar-refractivity contribution in [3.8, 4) is 11.9 Å². The highest BCUT2D eigenvalue weighted by Crippen LogP contribution is 2.25. The Morgan fingerprint density at radius 1 is 1.36 bits per heavy atom. The molecule has 114 valence electrons. The van der Waals surface area contributed by atoms with Crippen molar-refractivity contribution in [2.24, 2.45) is 0 Å². The maximum Gasteiger partial charge on any atom is 0.431 e. The number of nitriles is 1. The summed E-state index contributed by atoms with van der Waals surface area (Å²) in [6.45, 7) is 1.49. The van der Waals surface area contributed by atoms with Crippen LogP contribution in [0.25, 0.3) is 5.82 Å². The minimum atomic E-state index is -4.86. The lowest BCUT2D eigenvalue weighted by molar-refractivity contribution is -0.141. The Bertz CT molecular complexity index is 854. The van der Waals surface area contributed by atoms with Gasteiger partial charge in [-0.2, -0.15) is 18.4 Å². The van der Waals surface area contributed by atoms with Crippen LogP contribution in [-0.4, -0.2) is 14.5 Å². The highest BCUT2D eigenvalue weighted by atomic mass is 35.5. The number of nitrogens with zero attached hydrogens (tertiary/aromatic N) is 3. The number of nitrogens with one attached hydrogen (secondary N) is 1. The van der Waals surface area contributed by atoms with Gasteiger partial charge in [0.25, 0.3) is 5.56 Å². The first-order valence-corrected chi connectivity index (χ1v) is 6.04. The van der Waals surface area contributed by atoms with Gasteiger partial charge >= 0.3 is 11.9 Å². The molecule has 0 fully saturated rings. The zero-order valence-corrected chi connectivity index (χ0v) is 11.6. The fourth-order valence-corrected chi connectivity index (χ4v) is 2.01. The average molecular weight is 331 g/mol. The average Bonchev–Trinajstić information content (AvgIpc) is 2.36. The van der Waals surface area contributed by atoms with Gasteiger partial charge in [0.05, 0.1) is 5.56 Å². The lowest BCUT2D eigenvalue weighted by atomic mass is 10.2. The summed E-state index contributed by atoms with van der Waals surface area (Å²) < 4.78 is 38.0. The molecule has 22 heavy (non-hydrogen) atoms. The van der Waals surface area contributed by atoms with E-state index in [2.05, 4.69) is 4.98 Å². The minimum absolute atomic E-state index is 0.0433. The molecule has 0 aliphatic heterocycles. The zero-order valence-electron chi connectivity index (χ0n) is 10.8. The van der Waals surface area contributed by atoms with Crippen LogP contribution in [0.4, 0.5) is 13.2 Å². The minimum Gasteiger partial charge on any atom is -0.303 e. The molecule has 0 saturated carbocycles. The second-order valence-electron chi connectivity index (χ2n) is 4.23. The van der Waals surface area contributed by atoms with Crippen molar-refractivity contribution in [2.45, 2.75) is 13.1 Å². The van der Waals surface area contributed by atoms with Crippen molar-refractivity contribution in [1.82, 2.24) is 14.5 Å². The molecule has 0 saturated heterocycles. The van der Waals surface area contributed by atoms with Crippen LogP contribution in [0.3, 0.4) is 0 Å². The number of aromatic amines is 1. The van der Waals surface area contributed by atoms with Gasteiger partial charge in [-0.3, -0.25) is 4.79 Å². The van der Waals surface area contributed by atoms with Crippen molar-refractivity contribution in [3.05, 3.63) is 54.9 Å². The van der Waals surface area contributed by atoms with Gasteiger partial charge in [-0.1, -0.05) is 11.6 Å². The Kier molecular flexibility index (Phi) is 3.81. The molecule has 1 N–H and O–H groups in total. The molecule has 6 nitrogen and oxygen atoms in total. The number of rotatable bonds is 1. The molecule has 2 rings (SSSR count). The fraction of sp³-hybridized carbons (Fsp3) is 0.167. The van der Waals surface area contributed by atoms with Crippen molar-refractivity contribution in [2.75, 3.05) is 0 Å². The van der Waals surface area contributed by atoms with Crippen LogP contribution in [0.5, 0.6) is 0 Å². The topological polar surface area (TPSA) is 91.5 Å². The normalized spacial score (nSPS) is 11.3. The van der Waals surface area contributed by atoms with E-state index in [-0.39, 0.29) is 22.6 Å². The number of halogens is 4. The van der Waals surface area contributed by atoms with E-state index in [1.165, 1.54) is 13.0 Å². The lowest BCUT2D eigenvalue weighted by Crippen LogP contribution is -2.36. The molecule has 0 aliphatic carbocycles. The Balaban J connectivity index is 2.73. The summed E-state index contributed by atoms with van der Waals surface area (Å²) >= 11 is 5.75. The van der Waals surface area contributed by atoms with Crippen molar-refractivity contribution in [1.29, 1.82) is 5.26 Å². The number of pyridine rings is 1. The molecular formula is C12H6ClF3N4O2. The summed E-state index contributed by atoms with van der Waals surface area (Å²) in [5.74, 6) is -0.276. The van der Waals surface area contributed by atoms with Gasteiger partial charge in [0.2, 0.25) is 0 Å². The molecule has 0 unspecified atom stereocenters. The van der Waals surface area contributed by atoms with Crippen LogP contribution in [0.1, 0.15) is 16.8 Å². The number of hydrogen-bond donors (Lipinski definition) is 1. The quantitative estimate of drug-likeness (QED) is 0.807. The van der Waals surface area contributed by atoms with Gasteiger partial charge in [0.15, 0.2) is 0 Å². The first-order valence-electron chi connectivity index (χ1n) is 5.66. The Morgan fingerprint density at radius 2 is 2.00 bits per heavy atom. The maximum absolute atomic E-state index is 12.5. The van der Waals surface area contributed by atoms with Gasteiger partial charge in [0, 0.05) is 6.07 Å². The summed E-state index contributed by atoms with van der Waals surface area (Å²) in [7, 11) is 0. The first kappa shape index (κ1) is 15.8. The van der Waals surface area contributed by atoms with Gasteiger partial charge in [-0.05, 0) is 18.6 Å². The molecule has 2 heterocycles. The highest BCUT2D eigenvalue weighted by Gasteiger charge is 2.33. The molecule has 10 heteroatoms. The van der Waals surface area contributed by atoms with E-state index in [0.29, 0.717) is 10.1 Å². The van der Waals surface area contributed by atoms with Crippen LogP contribution < -0.4 is 11.2 Å². The molecule has 0 aliphatic rings. The lowest BCUT2D eigenvalue weighted by Gasteiger charge is -2.09. The third-order valence-electron chi connectivity index (χ3n) is 2.74. The van der Waals surface area contributed by atoms with E-state index in [4.69, 9.17) is 16.9 Å². The molecule has 0 spiro atoms. The largest absolute Gasteiger partial charge is 0.431 e. The zero-order chi connectivity index (χ0) is 16.7. The smallest absolute Gasteiger partial charge is 0.303 e. The Labute approximate surface area is 125 Å². The molecule has 0 atom stereocenters. The molecular weight excluding hydrogens is 325 g/mol. The molecule has 0 radical (unpaired) electrons. The van der Waals surface area contributed by atoms with Gasteiger partial charge in [0.1, 0.15) is 22.7 Å². The standard InChI is InChI=1S/C12H6ClF3N4O2/c1-5-2-8(19-10(13)6(5)4-17)20-9(21)3-7(12(14,15)16)18-11(20)22/h2-3H,1H3,(H,18,22). The molecule has 2 aromatic rings. The number of H-pyrrole nitrogens is 1. The number of aromatic nitrogens is 3. The van der Waals surface area contributed by atoms with Crippen LogP contribution in [-0.2, 0) is 6.18 Å². The summed E-state index contributed by atoms with van der Waals surface area (Å²) in [5.41, 5.74) is -3.63. The summed E-state index contributed by atoms with van der Waals surface area (Å²) in [4.78, 5) is 28.8. The monoisotopic (exact) mass is 330 g/mol. The van der Waals surface area contributed by atoms with Gasteiger partial charge in [-0.25, -0.2) is 14.3 Å². The third-order valence-corrected chi connectivity index (χ3v) is 3.01. The summed E-state index contributed by atoms with van der Waals surface area (Å²) in [6.07, 6.45) is -4.86. The second kappa shape index (κ2) is 5.31. The van der Waals surface area contributed by atoms with Crippen LogP contribution in [0.2, 0.25) is 5.15 Å². The predicted octanol–water partition coefficient (Wildman–Crippen LogP) is 1.77. The van der Waals surface area contributed by atoms with Crippen molar-refractivity contribution in [3.63, 3.8) is 0 Å². The molecule has 0 bridgehead atoms. The highest BCUT2D eigenvalue weighted by molar-refractivity contribution is 6.30. The molecule has 0 amide bonds. The van der Waals surface area contributed by atoms with E-state index < -0.39 is 23.1 Å². The summed E-state index contributed by atoms with van der Waals surface area (Å²) in [6, 6.07) is 3.23. The van der Waals surface area contributed by atoms with Gasteiger partial charge < -0.3 is 4.98 Å². The second-order valence-corrected chi connectivity index (χ2v) is 4.59. The van der Waals surface area contributed by atoms with Crippen molar-refractivity contribution < 1.29 is 13.2 Å². The van der Waals surface area contributed by atoms with Gasteiger partial charge in [-0.15, -0.1) is 0 Å². The summed E-state index contributed by atoms with van der Waals surface area (Å²) in [5, 5.41) is 8.60. The fourth-order valence-electron chi connectivity index (χ4n) is 1.73. The van der Waals surface area contributed by atoms with E-state index >= 15 is 0 Å². The predicted molar refractivity (Wildman–Crippen MR) is 69.9 cm³/mol. The third kappa shape index (κ3) is 2.73. The van der Waals surface area contributed by atoms with E-state index in [0.717, 1.165) is 0 Å². The van der Waals surface area contributed by atoms with E-state index in [1.807, 2.05) is 0 Å². The van der Waals surface area contributed by atoms with Crippen molar-refractivity contribution >= 4 is 11.6 Å². The van der Waals surface area contributed by atoms with Crippen LogP contribution in [0, 0.1) is 18.3 Å². The van der Waals surface area contributed by atoms with Crippen LogP contribution in [0.15, 0.2) is 21.7 Å². The van der Waals surface area contributed by atoms with E-state index in [1.54, 1.807) is 11.1 Å². The SMILES string of the molecule is Cc1cc(-n2c(=O)cc(C(F)(F)F)[nH]c2=O)nc(Cl)c1C#N. The Morgan fingerprint density at radius 3 is 2.45 bits per heavy atom. The van der Waals surface area contributed by atoms with Crippen LogP contribution >= 0.6 is 11.6 Å². The first-order chi connectivity index (χ1) is 10.1. The number of alkyl halides is 3. The number of hydrogen-bond acceptors (Lipinski definition) is 4. The van der Waals surface area contributed by atoms with E-state index in [9.17, 15) is 22.8 Å². The molecule has 2 aromatic heterocycles. The maximum atomic E-state index is 12.5. The molecule has 0 aromatic carbocycles. The number of aryl methyl sites for hydroxylation is 1.